The maximum Gasteiger partial charge on any atom is 0.143 e. The van der Waals surface area contributed by atoms with Crippen LogP contribution in [0.3, 0.4) is 0 Å². The summed E-state index contributed by atoms with van der Waals surface area (Å²) < 4.78 is 0. The van der Waals surface area contributed by atoms with Crippen molar-refractivity contribution in [1.29, 1.82) is 0 Å². The number of nitrogens with one attached hydrogen (secondary N) is 3. The summed E-state index contributed by atoms with van der Waals surface area (Å²) in [5.41, 5.74) is 7.49. The molecule has 0 spiro atoms. The van der Waals surface area contributed by atoms with Gasteiger partial charge in [-0.2, -0.15) is 0 Å². The van der Waals surface area contributed by atoms with Crippen molar-refractivity contribution in [3.05, 3.63) is 95.7 Å². The number of aromatic amines is 2. The van der Waals surface area contributed by atoms with E-state index in [-0.39, 0.29) is 11.8 Å². The van der Waals surface area contributed by atoms with E-state index >= 15 is 0 Å². The van der Waals surface area contributed by atoms with Gasteiger partial charge in [0.15, 0.2) is 0 Å². The molecule has 0 saturated heterocycles. The highest BCUT2D eigenvalue weighted by Crippen LogP contribution is 2.33. The topological polar surface area (TPSA) is 89.6 Å². The van der Waals surface area contributed by atoms with Gasteiger partial charge in [-0.25, -0.2) is 9.97 Å². The molecule has 0 aliphatic heterocycles. The molecule has 5 aromatic rings. The van der Waals surface area contributed by atoms with Crippen LogP contribution >= 0.6 is 0 Å². The molecule has 4 N–H and O–H groups in total. The van der Waals surface area contributed by atoms with Crippen molar-refractivity contribution in [2.45, 2.75) is 26.3 Å². The fraction of sp³-hybridized carbons (Fsp3) is 0.154. The summed E-state index contributed by atoms with van der Waals surface area (Å²) in [7, 11) is 0. The minimum atomic E-state index is 0.000487. The third-order valence-corrected chi connectivity index (χ3v) is 5.71. The van der Waals surface area contributed by atoms with Crippen molar-refractivity contribution in [2.24, 2.45) is 0 Å². The van der Waals surface area contributed by atoms with Crippen LogP contribution in [0, 0.1) is 6.92 Å². The minimum Gasteiger partial charge on any atom is -0.508 e. The lowest BCUT2D eigenvalue weighted by Gasteiger charge is -2.17. The maximum absolute atomic E-state index is 9.83. The number of aromatic hydroxyl groups is 1. The van der Waals surface area contributed by atoms with Crippen LogP contribution in [-0.4, -0.2) is 25.0 Å². The zero-order valence-corrected chi connectivity index (χ0v) is 18.1. The van der Waals surface area contributed by atoms with Crippen LogP contribution < -0.4 is 5.32 Å². The SMILES string of the molecule is Cc1cc(-c2ccccc2)c(C(C)Nc2ncnc3[nH]cc(Cc4cccc(O)c4)c23)[nH]1. The first kappa shape index (κ1) is 19.9. The van der Waals surface area contributed by atoms with Gasteiger partial charge in [-0.15, -0.1) is 0 Å². The van der Waals surface area contributed by atoms with Crippen molar-refractivity contribution in [2.75, 3.05) is 5.32 Å². The molecule has 1 unspecified atom stereocenters. The summed E-state index contributed by atoms with van der Waals surface area (Å²) in [5.74, 6) is 1.05. The molecule has 0 radical (unpaired) electrons. The van der Waals surface area contributed by atoms with Crippen molar-refractivity contribution < 1.29 is 5.11 Å². The molecule has 3 aromatic heterocycles. The Labute approximate surface area is 186 Å². The summed E-state index contributed by atoms with van der Waals surface area (Å²) in [6.07, 6.45) is 4.21. The number of benzene rings is 2. The molecule has 0 aliphatic rings. The number of phenols is 1. The number of aromatic nitrogens is 4. The van der Waals surface area contributed by atoms with Crippen LogP contribution in [0.5, 0.6) is 5.75 Å². The Morgan fingerprint density at radius 2 is 1.88 bits per heavy atom. The molecular formula is C26H25N5O. The van der Waals surface area contributed by atoms with Crippen LogP contribution in [0.25, 0.3) is 22.2 Å². The summed E-state index contributed by atoms with van der Waals surface area (Å²) in [6.45, 7) is 4.21. The Bertz CT molecular complexity index is 1370. The number of H-pyrrole nitrogens is 2. The highest BCUT2D eigenvalue weighted by molar-refractivity contribution is 5.90. The lowest BCUT2D eigenvalue weighted by molar-refractivity contribution is 0.474. The van der Waals surface area contributed by atoms with E-state index in [1.165, 1.54) is 11.1 Å². The summed E-state index contributed by atoms with van der Waals surface area (Å²) in [5, 5.41) is 14.4. The Hall–Kier alpha value is -4.06. The number of fused-ring (bicyclic) bond motifs is 1. The molecular weight excluding hydrogens is 398 g/mol. The molecule has 0 saturated carbocycles. The molecule has 2 aromatic carbocycles. The molecule has 3 heterocycles. The van der Waals surface area contributed by atoms with Crippen molar-refractivity contribution in [3.8, 4) is 16.9 Å². The molecule has 0 fully saturated rings. The molecule has 6 nitrogen and oxygen atoms in total. The Balaban J connectivity index is 1.49. The molecule has 0 amide bonds. The fourth-order valence-electron chi connectivity index (χ4n) is 4.25. The smallest absolute Gasteiger partial charge is 0.143 e. The van der Waals surface area contributed by atoms with Gasteiger partial charge < -0.3 is 20.4 Å². The highest BCUT2D eigenvalue weighted by atomic mass is 16.3. The van der Waals surface area contributed by atoms with E-state index in [0.717, 1.165) is 39.4 Å². The number of hydrogen-bond acceptors (Lipinski definition) is 4. The predicted octanol–water partition coefficient (Wildman–Crippen LogP) is 5.73. The van der Waals surface area contributed by atoms with Gasteiger partial charge in [0, 0.05) is 23.1 Å². The van der Waals surface area contributed by atoms with Gasteiger partial charge in [-0.05, 0) is 55.2 Å². The number of nitrogens with zero attached hydrogens (tertiary/aromatic N) is 2. The molecule has 0 aliphatic carbocycles. The normalized spacial score (nSPS) is 12.2. The molecule has 5 rings (SSSR count). The van der Waals surface area contributed by atoms with Crippen LogP contribution in [-0.2, 0) is 6.42 Å². The Morgan fingerprint density at radius 3 is 2.69 bits per heavy atom. The maximum atomic E-state index is 9.83. The summed E-state index contributed by atoms with van der Waals surface area (Å²) >= 11 is 0. The van der Waals surface area contributed by atoms with Gasteiger partial charge in [0.05, 0.1) is 11.4 Å². The number of hydrogen-bond donors (Lipinski definition) is 4. The van der Waals surface area contributed by atoms with E-state index in [1.807, 2.05) is 24.4 Å². The fourth-order valence-corrected chi connectivity index (χ4v) is 4.25. The molecule has 1 atom stereocenters. The van der Waals surface area contributed by atoms with Gasteiger partial charge in [0.2, 0.25) is 0 Å². The van der Waals surface area contributed by atoms with Gasteiger partial charge in [-0.3, -0.25) is 0 Å². The first-order valence-electron chi connectivity index (χ1n) is 10.7. The predicted molar refractivity (Wildman–Crippen MR) is 128 cm³/mol. The van der Waals surface area contributed by atoms with Gasteiger partial charge in [0.25, 0.3) is 0 Å². The number of rotatable bonds is 6. The van der Waals surface area contributed by atoms with E-state index in [9.17, 15) is 5.11 Å². The van der Waals surface area contributed by atoms with Gasteiger partial charge in [-0.1, -0.05) is 42.5 Å². The number of aryl methyl sites for hydroxylation is 1. The van der Waals surface area contributed by atoms with Crippen LogP contribution in [0.15, 0.2) is 73.2 Å². The average molecular weight is 424 g/mol. The first-order valence-corrected chi connectivity index (χ1v) is 10.7. The van der Waals surface area contributed by atoms with E-state index < -0.39 is 0 Å². The van der Waals surface area contributed by atoms with Gasteiger partial charge in [0.1, 0.15) is 23.5 Å². The first-order chi connectivity index (χ1) is 15.6. The summed E-state index contributed by atoms with van der Waals surface area (Å²) in [4.78, 5) is 15.8. The number of phenolic OH excluding ortho intramolecular Hbond substituents is 1. The second-order valence-electron chi connectivity index (χ2n) is 8.12. The van der Waals surface area contributed by atoms with Crippen molar-refractivity contribution >= 4 is 16.9 Å². The van der Waals surface area contributed by atoms with Crippen molar-refractivity contribution in [3.63, 3.8) is 0 Å². The van der Waals surface area contributed by atoms with Crippen LogP contribution in [0.2, 0.25) is 0 Å². The quantitative estimate of drug-likeness (QED) is 0.281. The average Bonchev–Trinajstić information content (AvgIpc) is 3.39. The third kappa shape index (κ3) is 3.83. The zero-order chi connectivity index (χ0) is 22.1. The van der Waals surface area contributed by atoms with Crippen LogP contribution in [0.1, 0.15) is 35.5 Å². The third-order valence-electron chi connectivity index (χ3n) is 5.71. The van der Waals surface area contributed by atoms with E-state index in [4.69, 9.17) is 0 Å². The summed E-state index contributed by atoms with van der Waals surface area (Å²) in [6, 6.07) is 19.9. The second-order valence-corrected chi connectivity index (χ2v) is 8.12. The van der Waals surface area contributed by atoms with E-state index in [2.05, 4.69) is 69.4 Å². The molecule has 160 valence electrons. The standard InChI is InChI=1S/C26H25N5O/c1-16-11-22(19-8-4-3-5-9-19)24(30-16)17(2)31-26-23-20(14-27-25(23)28-15-29-26)12-18-7-6-10-21(32)13-18/h3-11,13-15,17,30,32H,12H2,1-2H3,(H2,27,28,29,31). The second kappa shape index (κ2) is 8.23. The highest BCUT2D eigenvalue weighted by Gasteiger charge is 2.18. The minimum absolute atomic E-state index is 0.000487. The zero-order valence-electron chi connectivity index (χ0n) is 18.1. The van der Waals surface area contributed by atoms with Gasteiger partial charge >= 0.3 is 0 Å². The monoisotopic (exact) mass is 423 g/mol. The lowest BCUT2D eigenvalue weighted by atomic mass is 10.0. The Kier molecular flexibility index (Phi) is 5.11. The molecule has 32 heavy (non-hydrogen) atoms. The Morgan fingerprint density at radius 1 is 1.03 bits per heavy atom. The number of anilines is 1. The lowest BCUT2D eigenvalue weighted by Crippen LogP contribution is -2.10. The van der Waals surface area contributed by atoms with E-state index in [0.29, 0.717) is 6.42 Å². The molecule has 6 heteroatoms. The molecule has 0 bridgehead atoms. The van der Waals surface area contributed by atoms with E-state index in [1.54, 1.807) is 18.5 Å². The van der Waals surface area contributed by atoms with Crippen LogP contribution in [0.4, 0.5) is 5.82 Å². The largest absolute Gasteiger partial charge is 0.508 e. The van der Waals surface area contributed by atoms with Crippen molar-refractivity contribution in [1.82, 2.24) is 19.9 Å².